The number of rotatable bonds is 18. The molecule has 0 aromatic heterocycles. The molecule has 0 aliphatic carbocycles. The molecule has 0 saturated heterocycles. The maximum atomic E-state index is 15.9. The maximum absolute atomic E-state index is 15.9. The molecule has 408 valence electrons. The van der Waals surface area contributed by atoms with Crippen LogP contribution in [0.3, 0.4) is 0 Å². The number of fused-ring (bicyclic) bond motifs is 2. The van der Waals surface area contributed by atoms with E-state index in [-0.39, 0.29) is 17.2 Å². The zero-order valence-corrected chi connectivity index (χ0v) is 45.6. The molecule has 0 radical (unpaired) electrons. The van der Waals surface area contributed by atoms with Crippen LogP contribution in [0.4, 0.5) is 26.3 Å². The third-order valence-electron chi connectivity index (χ3n) is 15.3. The van der Waals surface area contributed by atoms with Crippen LogP contribution in [0.15, 0.2) is 285 Å². The average Bonchev–Trinajstić information content (AvgIpc) is 1.17. The zero-order valence-electron chi connectivity index (χ0n) is 43.8. The standard InChI is InChI=1S/C68H51BF6O5P2/c70-67(71,72)56-45-57(68(73,74)75)47-58(46-56)78-69(79-81(59-31-11-3-12-32-59,60-33-13-4-14-34-60,48-65(76)52-25-7-1-8-26-52)63-41-39-50-23-19-21-29-54(50)43-63)80-82(61-35-15-5-16-36-61,62-37-17-6-18-38-62,49-66(77)53-27-9-2-10-28-53)64-42-40-51-24-20-22-30-55(51)44-64/h1-47H,48-49H2. The molecule has 82 heavy (non-hydrogen) atoms. The minimum absolute atomic E-state index is 0.0205. The molecule has 5 nitrogen and oxygen atoms in total. The van der Waals surface area contributed by atoms with Crippen molar-refractivity contribution in [3.63, 3.8) is 0 Å². The van der Waals surface area contributed by atoms with Crippen molar-refractivity contribution in [2.75, 3.05) is 12.3 Å². The molecule has 0 unspecified atom stereocenters. The molecule has 0 saturated carbocycles. The Labute approximate surface area is 471 Å². The number of halogens is 6. The van der Waals surface area contributed by atoms with Gasteiger partial charge in [-0.2, -0.15) is 0 Å². The number of alkyl halides is 6. The van der Waals surface area contributed by atoms with Crippen LogP contribution in [0.1, 0.15) is 31.8 Å². The fourth-order valence-corrected chi connectivity index (χ4v) is 22.4. The van der Waals surface area contributed by atoms with Gasteiger partial charge in [-0.3, -0.25) is 0 Å². The van der Waals surface area contributed by atoms with Crippen molar-refractivity contribution >= 4 is 85.9 Å². The molecule has 11 rings (SSSR count). The third kappa shape index (κ3) is 10.1. The summed E-state index contributed by atoms with van der Waals surface area (Å²) in [7, 11) is -2.41. The number of Topliss-reactive ketones (excluding diaryl/α,β-unsaturated/α-hetero) is 2. The first kappa shape index (κ1) is 55.4. The molecule has 0 atom stereocenters. The van der Waals surface area contributed by atoms with Crippen LogP contribution in [-0.2, 0) is 21.2 Å². The van der Waals surface area contributed by atoms with E-state index in [9.17, 15) is 0 Å². The first-order valence-electron chi connectivity index (χ1n) is 26.3. The Morgan fingerprint density at radius 1 is 0.329 bits per heavy atom. The van der Waals surface area contributed by atoms with Gasteiger partial charge in [-0.05, 0) is 0 Å². The van der Waals surface area contributed by atoms with Gasteiger partial charge in [0, 0.05) is 0 Å². The van der Waals surface area contributed by atoms with E-state index in [1.54, 1.807) is 182 Å². The first-order chi connectivity index (χ1) is 39.6. The SMILES string of the molecule is O=C(CP(OB(Oc1cc(C(F)(F)F)cc(C(F)(F)F)c1)OP(CC(=O)c1ccccc1)(c1ccccc1)(c1ccccc1)c1ccc2ccccc2c1)(c1ccccc1)(c1ccccc1)c1ccc2ccccc2c1)c1ccccc1. The number of ketones is 2. The molecule has 0 fully saturated rings. The second-order valence-electron chi connectivity index (χ2n) is 20.1. The molecule has 0 heterocycles. The molecule has 0 amide bonds. The summed E-state index contributed by atoms with van der Waals surface area (Å²) in [5.41, 5.74) is -2.75. The molecular weight excluding hydrogens is 1080 g/mol. The topological polar surface area (TPSA) is 61.8 Å². The van der Waals surface area contributed by atoms with Crippen LogP contribution in [0.25, 0.3) is 21.5 Å². The van der Waals surface area contributed by atoms with Gasteiger partial charge < -0.3 is 0 Å². The van der Waals surface area contributed by atoms with Gasteiger partial charge in [0.1, 0.15) is 0 Å². The summed E-state index contributed by atoms with van der Waals surface area (Å²) >= 11 is 0. The second-order valence-corrected chi connectivity index (χ2v) is 29.1. The fourth-order valence-electron chi connectivity index (χ4n) is 11.3. The Hall–Kier alpha value is -8.50. The number of benzene rings is 11. The van der Waals surface area contributed by atoms with Gasteiger partial charge >= 0.3 is 473 Å². The molecule has 0 bridgehead atoms. The van der Waals surface area contributed by atoms with Crippen molar-refractivity contribution in [3.8, 4) is 5.75 Å². The van der Waals surface area contributed by atoms with Crippen molar-refractivity contribution in [2.45, 2.75) is 12.4 Å². The van der Waals surface area contributed by atoms with E-state index in [0.29, 0.717) is 44.0 Å². The summed E-state index contributed by atoms with van der Waals surface area (Å²) < 4.78 is 114. The first-order valence-corrected chi connectivity index (χ1v) is 31.0. The predicted molar refractivity (Wildman–Crippen MR) is 322 cm³/mol. The van der Waals surface area contributed by atoms with Gasteiger partial charge in [-0.1, -0.05) is 0 Å². The molecule has 11 aromatic rings. The van der Waals surface area contributed by atoms with Crippen LogP contribution < -0.4 is 36.5 Å². The summed E-state index contributed by atoms with van der Waals surface area (Å²) in [6, 6.07) is 80.3. The van der Waals surface area contributed by atoms with Gasteiger partial charge in [-0.15, -0.1) is 0 Å². The molecule has 14 heteroatoms. The van der Waals surface area contributed by atoms with Crippen molar-refractivity contribution in [2.24, 2.45) is 0 Å². The molecular formula is C68H51BF6O5P2. The Bertz CT molecular complexity index is 3740. The van der Waals surface area contributed by atoms with Crippen molar-refractivity contribution in [3.05, 3.63) is 307 Å². The summed E-state index contributed by atoms with van der Waals surface area (Å²) in [4.78, 5) is 31.8. The van der Waals surface area contributed by atoms with E-state index in [4.69, 9.17) is 13.5 Å². The van der Waals surface area contributed by atoms with E-state index in [1.165, 1.54) is 0 Å². The zero-order chi connectivity index (χ0) is 57.1. The summed E-state index contributed by atoms with van der Waals surface area (Å²) in [6.45, 7) is -10.8. The van der Waals surface area contributed by atoms with E-state index in [1.807, 2.05) is 84.9 Å². The molecule has 11 aromatic carbocycles. The van der Waals surface area contributed by atoms with E-state index in [2.05, 4.69) is 0 Å². The van der Waals surface area contributed by atoms with Crippen LogP contribution in [0.5, 0.6) is 5.75 Å². The van der Waals surface area contributed by atoms with Gasteiger partial charge in [0.25, 0.3) is 0 Å². The summed E-state index contributed by atoms with van der Waals surface area (Å²) in [5.74, 6) is -1.77. The number of carbonyl (C=O) groups is 2. The normalized spacial score (nSPS) is 13.1. The molecule has 0 aliphatic rings. The van der Waals surface area contributed by atoms with Gasteiger partial charge in [0.05, 0.1) is 0 Å². The van der Waals surface area contributed by atoms with E-state index >= 15 is 35.9 Å². The van der Waals surface area contributed by atoms with Crippen molar-refractivity contribution < 1.29 is 49.5 Å². The van der Waals surface area contributed by atoms with Crippen molar-refractivity contribution in [1.82, 2.24) is 0 Å². The Kier molecular flexibility index (Phi) is 14.9. The van der Waals surface area contributed by atoms with E-state index < -0.39 is 74.1 Å². The van der Waals surface area contributed by atoms with Crippen LogP contribution >= 0.6 is 13.7 Å². The predicted octanol–water partition coefficient (Wildman–Crippen LogP) is 15.1. The van der Waals surface area contributed by atoms with Gasteiger partial charge in [0.15, 0.2) is 0 Å². The van der Waals surface area contributed by atoms with E-state index in [0.717, 1.165) is 21.5 Å². The van der Waals surface area contributed by atoms with Crippen LogP contribution in [-0.4, -0.2) is 31.2 Å². The number of hydrogen-bond acceptors (Lipinski definition) is 5. The van der Waals surface area contributed by atoms with Crippen LogP contribution in [0, 0.1) is 0 Å². The fraction of sp³-hybridized carbons (Fsp3) is 0.0588. The van der Waals surface area contributed by atoms with Gasteiger partial charge in [-0.25, -0.2) is 0 Å². The second kappa shape index (κ2) is 22.1. The Morgan fingerprint density at radius 3 is 0.939 bits per heavy atom. The Morgan fingerprint density at radius 2 is 0.622 bits per heavy atom. The summed E-state index contributed by atoms with van der Waals surface area (Å²) in [6.07, 6.45) is -11.6. The third-order valence-corrected chi connectivity index (χ3v) is 26.6. The molecule has 0 spiro atoms. The monoisotopic (exact) mass is 1130 g/mol. The number of carbonyl (C=O) groups excluding carboxylic acids is 2. The van der Waals surface area contributed by atoms with Gasteiger partial charge in [0.2, 0.25) is 0 Å². The average molecular weight is 1130 g/mol. The molecule has 0 N–H and O–H groups in total. The van der Waals surface area contributed by atoms with Crippen LogP contribution in [0.2, 0.25) is 0 Å². The Balaban J connectivity index is 1.34. The number of hydrogen-bond donors (Lipinski definition) is 0. The van der Waals surface area contributed by atoms with Crippen molar-refractivity contribution in [1.29, 1.82) is 0 Å². The summed E-state index contributed by atoms with van der Waals surface area (Å²) in [5, 5.41) is 5.69. The quantitative estimate of drug-likeness (QED) is 0.0371. The minimum atomic E-state index is -5.42. The molecule has 0 aliphatic heterocycles.